The molecule has 0 unspecified atom stereocenters. The summed E-state index contributed by atoms with van der Waals surface area (Å²) < 4.78 is 0.771. The average molecular weight is 174 g/mol. The second-order valence-corrected chi connectivity index (χ2v) is 2.31. The van der Waals surface area contributed by atoms with Gasteiger partial charge in [-0.15, -0.1) is 0 Å². The van der Waals surface area contributed by atoms with Crippen LogP contribution in [0.3, 0.4) is 0 Å². The summed E-state index contributed by atoms with van der Waals surface area (Å²) in [4.78, 5) is 1.94. The maximum absolute atomic E-state index is 10.5. The molecule has 0 atom stereocenters. The molecule has 0 radical (unpaired) electrons. The molecule has 0 bridgehead atoms. The molecule has 0 aromatic carbocycles. The SMILES string of the molecule is CN(C)c1cc[n+]([O-])cc1.O.O. The minimum atomic E-state index is 0. The van der Waals surface area contributed by atoms with E-state index in [0.717, 1.165) is 10.4 Å². The highest BCUT2D eigenvalue weighted by Gasteiger charge is 1.94. The Morgan fingerprint density at radius 2 is 1.58 bits per heavy atom. The lowest BCUT2D eigenvalue weighted by Crippen LogP contribution is -2.24. The maximum atomic E-state index is 10.5. The molecule has 1 aromatic heterocycles. The summed E-state index contributed by atoms with van der Waals surface area (Å²) in [5.74, 6) is 0. The lowest BCUT2D eigenvalue weighted by molar-refractivity contribution is -0.605. The Labute approximate surface area is 71.1 Å². The molecule has 12 heavy (non-hydrogen) atoms. The average Bonchev–Trinajstić information content (AvgIpc) is 1.88. The van der Waals surface area contributed by atoms with Gasteiger partial charge in [-0.25, -0.2) is 0 Å². The van der Waals surface area contributed by atoms with Crippen LogP contribution in [-0.2, 0) is 0 Å². The zero-order valence-electron chi connectivity index (χ0n) is 7.11. The van der Waals surface area contributed by atoms with E-state index < -0.39 is 0 Å². The van der Waals surface area contributed by atoms with Crippen LogP contribution >= 0.6 is 0 Å². The van der Waals surface area contributed by atoms with Crippen LogP contribution in [0.5, 0.6) is 0 Å². The monoisotopic (exact) mass is 174 g/mol. The minimum Gasteiger partial charge on any atom is -0.619 e. The molecule has 70 valence electrons. The van der Waals surface area contributed by atoms with Crippen LogP contribution < -0.4 is 9.63 Å². The van der Waals surface area contributed by atoms with E-state index >= 15 is 0 Å². The standard InChI is InChI=1S/C7H10N2O.2H2O/c1-8(2)7-3-5-9(10)6-4-7;;/h3-6H,1-2H3;2*1H2. The molecular weight excluding hydrogens is 160 g/mol. The molecule has 0 saturated heterocycles. The fourth-order valence-electron chi connectivity index (χ4n) is 0.703. The number of hydrogen-bond donors (Lipinski definition) is 0. The first-order chi connectivity index (χ1) is 4.70. The summed E-state index contributed by atoms with van der Waals surface area (Å²) in [6, 6.07) is 3.54. The first-order valence-electron chi connectivity index (χ1n) is 3.06. The van der Waals surface area contributed by atoms with Crippen LogP contribution in [-0.4, -0.2) is 25.0 Å². The topological polar surface area (TPSA) is 93.2 Å². The van der Waals surface area contributed by atoms with Crippen molar-refractivity contribution in [2.75, 3.05) is 19.0 Å². The summed E-state index contributed by atoms with van der Waals surface area (Å²) >= 11 is 0. The van der Waals surface area contributed by atoms with E-state index in [9.17, 15) is 5.21 Å². The Bertz CT molecular complexity index is 210. The van der Waals surface area contributed by atoms with Crippen molar-refractivity contribution in [2.45, 2.75) is 0 Å². The molecule has 0 spiro atoms. The van der Waals surface area contributed by atoms with Crippen molar-refractivity contribution in [1.29, 1.82) is 0 Å². The first kappa shape index (κ1) is 13.3. The van der Waals surface area contributed by atoms with Gasteiger partial charge in [0.1, 0.15) is 0 Å². The van der Waals surface area contributed by atoms with E-state index in [1.807, 2.05) is 19.0 Å². The minimum absolute atomic E-state index is 0. The van der Waals surface area contributed by atoms with Gasteiger partial charge in [0.05, 0.1) is 0 Å². The van der Waals surface area contributed by atoms with Gasteiger partial charge < -0.3 is 21.1 Å². The molecule has 5 nitrogen and oxygen atoms in total. The smallest absolute Gasteiger partial charge is 0.182 e. The summed E-state index contributed by atoms with van der Waals surface area (Å²) in [7, 11) is 3.87. The van der Waals surface area contributed by atoms with Crippen LogP contribution in [0.15, 0.2) is 24.5 Å². The van der Waals surface area contributed by atoms with E-state index in [0.29, 0.717) is 0 Å². The third-order valence-corrected chi connectivity index (χ3v) is 1.30. The number of hydrogen-bond acceptors (Lipinski definition) is 2. The van der Waals surface area contributed by atoms with Crippen LogP contribution in [0.4, 0.5) is 5.69 Å². The van der Waals surface area contributed by atoms with Crippen molar-refractivity contribution in [1.82, 2.24) is 0 Å². The van der Waals surface area contributed by atoms with Gasteiger partial charge >= 0.3 is 0 Å². The third-order valence-electron chi connectivity index (χ3n) is 1.30. The van der Waals surface area contributed by atoms with Gasteiger partial charge in [0.15, 0.2) is 12.4 Å². The fourth-order valence-corrected chi connectivity index (χ4v) is 0.703. The number of pyridine rings is 1. The Hall–Kier alpha value is -1.33. The molecule has 0 aliphatic carbocycles. The Kier molecular flexibility index (Phi) is 5.90. The van der Waals surface area contributed by atoms with Crippen LogP contribution in [0.2, 0.25) is 0 Å². The predicted molar refractivity (Wildman–Crippen MR) is 47.0 cm³/mol. The quantitative estimate of drug-likeness (QED) is 0.392. The summed E-state index contributed by atoms with van der Waals surface area (Å²) in [6.07, 6.45) is 2.96. The van der Waals surface area contributed by atoms with Crippen molar-refractivity contribution in [2.24, 2.45) is 0 Å². The van der Waals surface area contributed by atoms with Gasteiger partial charge in [-0.05, 0) is 0 Å². The Balaban J connectivity index is 0. The molecule has 1 rings (SSSR count). The van der Waals surface area contributed by atoms with Gasteiger partial charge in [-0.2, -0.15) is 4.73 Å². The summed E-state index contributed by atoms with van der Waals surface area (Å²) in [5, 5.41) is 10.5. The van der Waals surface area contributed by atoms with Crippen LogP contribution in [0, 0.1) is 5.21 Å². The zero-order valence-corrected chi connectivity index (χ0v) is 7.11. The predicted octanol–water partition coefficient (Wildman–Crippen LogP) is -1.26. The number of aromatic nitrogens is 1. The van der Waals surface area contributed by atoms with E-state index in [1.165, 1.54) is 12.4 Å². The molecule has 1 aromatic rings. The largest absolute Gasteiger partial charge is 0.619 e. The zero-order chi connectivity index (χ0) is 7.56. The molecule has 0 saturated carbocycles. The van der Waals surface area contributed by atoms with Crippen molar-refractivity contribution in [3.05, 3.63) is 29.7 Å². The summed E-state index contributed by atoms with van der Waals surface area (Å²) in [5.41, 5.74) is 1.03. The van der Waals surface area contributed by atoms with Gasteiger partial charge in [-0.3, -0.25) is 0 Å². The van der Waals surface area contributed by atoms with Gasteiger partial charge in [0.2, 0.25) is 0 Å². The fraction of sp³-hybridized carbons (Fsp3) is 0.286. The number of anilines is 1. The second kappa shape index (κ2) is 5.34. The lowest BCUT2D eigenvalue weighted by atomic mass is 10.4. The van der Waals surface area contributed by atoms with E-state index in [2.05, 4.69) is 0 Å². The molecular formula is C7H14N2O3. The molecule has 4 N–H and O–H groups in total. The van der Waals surface area contributed by atoms with Gasteiger partial charge in [0.25, 0.3) is 0 Å². The van der Waals surface area contributed by atoms with Crippen molar-refractivity contribution in [3.8, 4) is 0 Å². The highest BCUT2D eigenvalue weighted by Crippen LogP contribution is 2.05. The highest BCUT2D eigenvalue weighted by atomic mass is 16.5. The van der Waals surface area contributed by atoms with Gasteiger partial charge in [0, 0.05) is 31.9 Å². The van der Waals surface area contributed by atoms with Crippen LogP contribution in [0.25, 0.3) is 0 Å². The van der Waals surface area contributed by atoms with E-state index in [-0.39, 0.29) is 11.0 Å². The lowest BCUT2D eigenvalue weighted by Gasteiger charge is -2.10. The molecule has 0 fully saturated rings. The van der Waals surface area contributed by atoms with Crippen molar-refractivity contribution in [3.63, 3.8) is 0 Å². The van der Waals surface area contributed by atoms with Crippen LogP contribution in [0.1, 0.15) is 0 Å². The van der Waals surface area contributed by atoms with E-state index in [4.69, 9.17) is 0 Å². The van der Waals surface area contributed by atoms with Crippen molar-refractivity contribution < 1.29 is 15.7 Å². The van der Waals surface area contributed by atoms with Crippen molar-refractivity contribution >= 4 is 5.69 Å². The summed E-state index contributed by atoms with van der Waals surface area (Å²) in [6.45, 7) is 0. The molecule has 0 aliphatic heterocycles. The molecule has 1 heterocycles. The molecule has 0 amide bonds. The second-order valence-electron chi connectivity index (χ2n) is 2.31. The number of nitrogens with zero attached hydrogens (tertiary/aromatic N) is 2. The third kappa shape index (κ3) is 3.18. The van der Waals surface area contributed by atoms with Gasteiger partial charge in [-0.1, -0.05) is 0 Å². The first-order valence-corrected chi connectivity index (χ1v) is 3.06. The number of rotatable bonds is 1. The maximum Gasteiger partial charge on any atom is 0.182 e. The highest BCUT2D eigenvalue weighted by molar-refractivity contribution is 5.41. The Morgan fingerprint density at radius 1 is 1.17 bits per heavy atom. The van der Waals surface area contributed by atoms with E-state index in [1.54, 1.807) is 12.1 Å². The normalized spacial score (nSPS) is 7.83. The molecule has 0 aliphatic rings. The molecule has 5 heteroatoms. The Morgan fingerprint density at radius 3 is 1.92 bits per heavy atom.